The Bertz CT molecular complexity index is 485. The van der Waals surface area contributed by atoms with Crippen molar-refractivity contribution in [2.24, 2.45) is 5.92 Å². The van der Waals surface area contributed by atoms with E-state index < -0.39 is 0 Å². The summed E-state index contributed by atoms with van der Waals surface area (Å²) in [5.41, 5.74) is 1.23. The molecular formula is C17H28N4OS. The molecule has 0 aromatic carbocycles. The summed E-state index contributed by atoms with van der Waals surface area (Å²) in [5, 5.41) is 3.08. The van der Waals surface area contributed by atoms with Gasteiger partial charge in [-0.05, 0) is 44.2 Å². The molecule has 0 spiro atoms. The minimum atomic E-state index is 0.0870. The number of likely N-dealkylation sites (tertiary alicyclic amines) is 1. The van der Waals surface area contributed by atoms with Crippen molar-refractivity contribution in [3.63, 3.8) is 0 Å². The van der Waals surface area contributed by atoms with E-state index in [0.29, 0.717) is 5.92 Å². The third-order valence-corrected chi connectivity index (χ3v) is 4.94. The average molecular weight is 337 g/mol. The molecule has 0 unspecified atom stereocenters. The van der Waals surface area contributed by atoms with Crippen molar-refractivity contribution in [2.45, 2.75) is 25.9 Å². The molecule has 5 nitrogen and oxygen atoms in total. The van der Waals surface area contributed by atoms with Crippen molar-refractivity contribution in [1.29, 1.82) is 0 Å². The molecule has 0 saturated carbocycles. The van der Waals surface area contributed by atoms with Crippen LogP contribution >= 0.6 is 11.8 Å². The van der Waals surface area contributed by atoms with Crippen molar-refractivity contribution in [3.05, 3.63) is 30.1 Å². The summed E-state index contributed by atoms with van der Waals surface area (Å²) in [6.07, 6.45) is 6.86. The van der Waals surface area contributed by atoms with Gasteiger partial charge in [-0.3, -0.25) is 4.98 Å². The molecule has 2 amide bonds. The van der Waals surface area contributed by atoms with Crippen molar-refractivity contribution in [1.82, 2.24) is 20.1 Å². The first-order valence-corrected chi connectivity index (χ1v) is 9.59. The predicted molar refractivity (Wildman–Crippen MR) is 96.6 cm³/mol. The Morgan fingerprint density at radius 2 is 2.43 bits per heavy atom. The van der Waals surface area contributed by atoms with Crippen LogP contribution in [0, 0.1) is 5.92 Å². The van der Waals surface area contributed by atoms with Crippen LogP contribution in [0.15, 0.2) is 24.5 Å². The maximum Gasteiger partial charge on any atom is 0.317 e. The van der Waals surface area contributed by atoms with Gasteiger partial charge in [0.05, 0.1) is 0 Å². The van der Waals surface area contributed by atoms with E-state index >= 15 is 0 Å². The van der Waals surface area contributed by atoms with Gasteiger partial charge >= 0.3 is 6.03 Å². The number of hydrogen-bond acceptors (Lipinski definition) is 4. The lowest BCUT2D eigenvalue weighted by molar-refractivity contribution is 0.201. The molecule has 0 radical (unpaired) electrons. The van der Waals surface area contributed by atoms with E-state index in [9.17, 15) is 4.79 Å². The van der Waals surface area contributed by atoms with Crippen molar-refractivity contribution < 1.29 is 4.79 Å². The second kappa shape index (κ2) is 9.13. The third-order valence-electron chi connectivity index (χ3n) is 4.10. The highest BCUT2D eigenvalue weighted by Crippen LogP contribution is 2.18. The number of nitrogens with one attached hydrogen (secondary N) is 1. The molecule has 6 heteroatoms. The molecule has 128 valence electrons. The number of amides is 2. The maximum absolute atomic E-state index is 12.2. The maximum atomic E-state index is 12.2. The van der Waals surface area contributed by atoms with Crippen LogP contribution in [0.5, 0.6) is 0 Å². The Balaban J connectivity index is 1.73. The summed E-state index contributed by atoms with van der Waals surface area (Å²) in [7, 11) is 2.14. The molecule has 1 aliphatic rings. The number of pyridine rings is 1. The Labute approximate surface area is 143 Å². The lowest BCUT2D eigenvalue weighted by Crippen LogP contribution is -2.44. The first-order valence-electron chi connectivity index (χ1n) is 8.20. The smallest absolute Gasteiger partial charge is 0.317 e. The predicted octanol–water partition coefficient (Wildman–Crippen LogP) is 2.30. The van der Waals surface area contributed by atoms with Crippen LogP contribution in [0.4, 0.5) is 4.79 Å². The highest BCUT2D eigenvalue weighted by Gasteiger charge is 2.27. The van der Waals surface area contributed by atoms with Crippen LogP contribution in [0.3, 0.4) is 0 Å². The quantitative estimate of drug-likeness (QED) is 0.830. The molecule has 1 saturated heterocycles. The van der Waals surface area contributed by atoms with E-state index in [0.717, 1.165) is 38.4 Å². The van der Waals surface area contributed by atoms with Gasteiger partial charge in [0.25, 0.3) is 0 Å². The van der Waals surface area contributed by atoms with Crippen LogP contribution in [0.25, 0.3) is 0 Å². The largest absolute Gasteiger partial charge is 0.335 e. The first-order chi connectivity index (χ1) is 11.1. The van der Waals surface area contributed by atoms with E-state index in [1.807, 2.05) is 17.2 Å². The molecule has 0 bridgehead atoms. The Morgan fingerprint density at radius 3 is 3.13 bits per heavy atom. The number of carbonyl (C=O) groups is 1. The van der Waals surface area contributed by atoms with Gasteiger partial charge in [0.1, 0.15) is 0 Å². The van der Waals surface area contributed by atoms with Gasteiger partial charge in [-0.1, -0.05) is 6.07 Å². The van der Waals surface area contributed by atoms with Gasteiger partial charge in [0.2, 0.25) is 0 Å². The molecule has 2 heterocycles. The number of carbonyl (C=O) groups excluding carboxylic acids is 1. The van der Waals surface area contributed by atoms with E-state index in [2.05, 4.69) is 41.5 Å². The van der Waals surface area contributed by atoms with Gasteiger partial charge < -0.3 is 15.1 Å². The van der Waals surface area contributed by atoms with E-state index in [4.69, 9.17) is 0 Å². The van der Waals surface area contributed by atoms with Crippen LogP contribution < -0.4 is 5.32 Å². The van der Waals surface area contributed by atoms with Gasteiger partial charge in [0, 0.05) is 50.4 Å². The number of thioether (sulfide) groups is 1. The SMILES string of the molecule is CSC[C@H](C)NC(=O)N1CC[C@H](CN(C)Cc2cccnc2)C1. The zero-order valence-corrected chi connectivity index (χ0v) is 15.2. The fraction of sp³-hybridized carbons (Fsp3) is 0.647. The van der Waals surface area contributed by atoms with Crippen LogP contribution in [0.2, 0.25) is 0 Å². The van der Waals surface area contributed by atoms with Crippen LogP contribution in [-0.2, 0) is 6.54 Å². The summed E-state index contributed by atoms with van der Waals surface area (Å²) in [4.78, 5) is 20.7. The number of urea groups is 1. The zero-order chi connectivity index (χ0) is 16.7. The number of aromatic nitrogens is 1. The minimum Gasteiger partial charge on any atom is -0.335 e. The summed E-state index contributed by atoms with van der Waals surface area (Å²) in [6, 6.07) is 4.39. The molecule has 1 aromatic rings. The molecule has 23 heavy (non-hydrogen) atoms. The summed E-state index contributed by atoms with van der Waals surface area (Å²) < 4.78 is 0. The lowest BCUT2D eigenvalue weighted by atomic mass is 10.1. The summed E-state index contributed by atoms with van der Waals surface area (Å²) >= 11 is 1.76. The molecule has 1 fully saturated rings. The van der Waals surface area contributed by atoms with Crippen molar-refractivity contribution >= 4 is 17.8 Å². The summed E-state index contributed by atoms with van der Waals surface area (Å²) in [5.74, 6) is 1.51. The molecular weight excluding hydrogens is 308 g/mol. The van der Waals surface area contributed by atoms with Gasteiger partial charge in [0.15, 0.2) is 0 Å². The van der Waals surface area contributed by atoms with Crippen LogP contribution in [0.1, 0.15) is 18.9 Å². The van der Waals surface area contributed by atoms with Gasteiger partial charge in [-0.25, -0.2) is 4.79 Å². The first kappa shape index (κ1) is 18.1. The average Bonchev–Trinajstić information content (AvgIpc) is 2.97. The van der Waals surface area contributed by atoms with Crippen molar-refractivity contribution in [3.8, 4) is 0 Å². The topological polar surface area (TPSA) is 48.5 Å². The molecule has 1 aromatic heterocycles. The van der Waals surface area contributed by atoms with E-state index in [-0.39, 0.29) is 12.1 Å². The Morgan fingerprint density at radius 1 is 1.61 bits per heavy atom. The second-order valence-corrected chi connectivity index (χ2v) is 7.38. The number of nitrogens with zero attached hydrogens (tertiary/aromatic N) is 3. The summed E-state index contributed by atoms with van der Waals surface area (Å²) in [6.45, 7) is 5.70. The highest BCUT2D eigenvalue weighted by molar-refractivity contribution is 7.98. The zero-order valence-electron chi connectivity index (χ0n) is 14.4. The fourth-order valence-electron chi connectivity index (χ4n) is 3.07. The Kier molecular flexibility index (Phi) is 7.17. The normalized spacial score (nSPS) is 19.1. The molecule has 0 aliphatic carbocycles. The minimum absolute atomic E-state index is 0.0870. The van der Waals surface area contributed by atoms with Crippen molar-refractivity contribution in [2.75, 3.05) is 38.7 Å². The van der Waals surface area contributed by atoms with Gasteiger partial charge in [-0.2, -0.15) is 11.8 Å². The highest BCUT2D eigenvalue weighted by atomic mass is 32.2. The fourth-order valence-corrected chi connectivity index (χ4v) is 3.65. The lowest BCUT2D eigenvalue weighted by Gasteiger charge is -2.23. The van der Waals surface area contributed by atoms with Crippen LogP contribution in [-0.4, -0.2) is 65.5 Å². The molecule has 1 aliphatic heterocycles. The number of rotatable bonds is 7. The monoisotopic (exact) mass is 336 g/mol. The van der Waals surface area contributed by atoms with E-state index in [1.54, 1.807) is 18.0 Å². The Hall–Kier alpha value is -1.27. The third kappa shape index (κ3) is 6.03. The molecule has 1 N–H and O–H groups in total. The standard InChI is InChI=1S/C17H28N4OS/c1-14(13-23-3)19-17(22)21-8-6-16(12-21)11-20(2)10-15-5-4-7-18-9-15/h4-5,7,9,14,16H,6,8,10-13H2,1-3H3,(H,19,22)/t14-,16+/m0/s1. The second-order valence-electron chi connectivity index (χ2n) is 6.46. The van der Waals surface area contributed by atoms with E-state index in [1.165, 1.54) is 5.56 Å². The molecule has 2 atom stereocenters. The van der Waals surface area contributed by atoms with Gasteiger partial charge in [-0.15, -0.1) is 0 Å². The number of hydrogen-bond donors (Lipinski definition) is 1. The molecule has 2 rings (SSSR count).